The molecule has 4 heterocycles. The maximum Gasteiger partial charge on any atom is 0.216 e. The Labute approximate surface area is 91.2 Å². The number of hydrogen-bond acceptors (Lipinski definition) is 3. The first-order valence-corrected chi connectivity index (χ1v) is 5.96. The minimum atomic E-state index is 1.04. The van der Waals surface area contributed by atoms with E-state index >= 15 is 0 Å². The summed E-state index contributed by atoms with van der Waals surface area (Å²) in [5, 5.41) is 1.43. The Hall–Kier alpha value is -1.35. The lowest BCUT2D eigenvalue weighted by Gasteiger charge is -2.25. The Morgan fingerprint density at radius 2 is 2.27 bits per heavy atom. The number of ether oxygens (including phenoxy) is 1. The maximum atomic E-state index is 5.92. The molecule has 1 aromatic carbocycles. The lowest BCUT2D eigenvalue weighted by Crippen LogP contribution is -2.22. The third kappa shape index (κ3) is 0.606. The first kappa shape index (κ1) is 7.01. The highest BCUT2D eigenvalue weighted by Crippen LogP contribution is 2.62. The quantitative estimate of drug-likeness (QED) is 0.657. The van der Waals surface area contributed by atoms with Crippen LogP contribution in [0.25, 0.3) is 0 Å². The van der Waals surface area contributed by atoms with Crippen molar-refractivity contribution in [3.8, 4) is 5.75 Å². The summed E-state index contributed by atoms with van der Waals surface area (Å²) in [6, 6.07) is 6.38. The smallest absolute Gasteiger partial charge is 0.216 e. The summed E-state index contributed by atoms with van der Waals surface area (Å²) < 4.78 is 5.92. The topological polar surface area (TPSA) is 12.5 Å². The fourth-order valence-corrected chi connectivity index (χ4v) is 4.11. The van der Waals surface area contributed by atoms with Gasteiger partial charge in [-0.05, 0) is 23.6 Å². The molecule has 72 valence electrons. The van der Waals surface area contributed by atoms with E-state index in [-0.39, 0.29) is 0 Å². The molecule has 4 aliphatic rings. The number of para-hydroxylation sites is 1. The zero-order valence-electron chi connectivity index (χ0n) is 7.91. The predicted molar refractivity (Wildman–Crippen MR) is 59.5 cm³/mol. The number of nitrogens with zero attached hydrogens (tertiary/aromatic N) is 1. The van der Waals surface area contributed by atoms with Crippen LogP contribution in [0.1, 0.15) is 12.0 Å². The number of fused-ring (bicyclic) bond motifs is 1. The number of hydrogen-bond donors (Lipinski definition) is 0. The molecule has 0 radical (unpaired) electrons. The second kappa shape index (κ2) is 1.95. The average Bonchev–Trinajstić information content (AvgIpc) is 2.84. The van der Waals surface area contributed by atoms with Crippen molar-refractivity contribution in [1.29, 1.82) is 0 Å². The van der Waals surface area contributed by atoms with Crippen molar-refractivity contribution in [2.75, 3.05) is 4.90 Å². The Balaban J connectivity index is 1.97. The third-order valence-corrected chi connectivity index (χ3v) is 4.69. The Morgan fingerprint density at radius 1 is 1.27 bits per heavy atom. The fraction of sp³-hybridized carbons (Fsp3) is 0.167. The molecule has 4 aliphatic heterocycles. The molecule has 0 spiro atoms. The van der Waals surface area contributed by atoms with Crippen LogP contribution in [0.4, 0.5) is 5.69 Å². The summed E-state index contributed by atoms with van der Waals surface area (Å²) >= 11 is 1.90. The van der Waals surface area contributed by atoms with Gasteiger partial charge in [-0.2, -0.15) is 0 Å². The summed E-state index contributed by atoms with van der Waals surface area (Å²) in [7, 11) is 0. The van der Waals surface area contributed by atoms with Gasteiger partial charge in [0.1, 0.15) is 0 Å². The first-order chi connectivity index (χ1) is 7.42. The van der Waals surface area contributed by atoms with E-state index in [1.54, 1.807) is 5.57 Å². The molecule has 0 amide bonds. The molecule has 2 bridgehead atoms. The summed E-state index contributed by atoms with van der Waals surface area (Å²) in [5.74, 6) is 2.12. The number of benzene rings is 1. The van der Waals surface area contributed by atoms with Gasteiger partial charge in [0.2, 0.25) is 5.88 Å². The van der Waals surface area contributed by atoms with E-state index in [0.717, 1.165) is 24.5 Å². The lowest BCUT2D eigenvalue weighted by atomic mass is 9.96. The molecule has 0 N–H and O–H groups in total. The lowest BCUT2D eigenvalue weighted by molar-refractivity contribution is 0.441. The van der Waals surface area contributed by atoms with Crippen LogP contribution in [0.2, 0.25) is 0 Å². The SMILES string of the molecule is c1cc2c3c(c1)OC1=C4CC(=C(S4)N13)C2. The molecule has 5 rings (SSSR count). The zero-order valence-corrected chi connectivity index (χ0v) is 8.73. The molecular weight excluding hydrogens is 206 g/mol. The molecule has 1 aromatic rings. The third-order valence-electron chi connectivity index (χ3n) is 3.46. The number of thioether (sulfide) groups is 1. The summed E-state index contributed by atoms with van der Waals surface area (Å²) in [5.41, 5.74) is 4.30. The van der Waals surface area contributed by atoms with Crippen LogP contribution in [-0.4, -0.2) is 0 Å². The highest BCUT2D eigenvalue weighted by Gasteiger charge is 2.47. The van der Waals surface area contributed by atoms with Gasteiger partial charge in [-0.25, -0.2) is 0 Å². The monoisotopic (exact) mass is 213 g/mol. The van der Waals surface area contributed by atoms with Crippen LogP contribution in [0.15, 0.2) is 39.6 Å². The molecule has 0 saturated carbocycles. The molecule has 0 aliphatic carbocycles. The molecule has 0 aromatic heterocycles. The van der Waals surface area contributed by atoms with Crippen molar-refractivity contribution < 1.29 is 4.74 Å². The van der Waals surface area contributed by atoms with E-state index in [1.165, 1.54) is 21.2 Å². The Morgan fingerprint density at radius 3 is 3.27 bits per heavy atom. The summed E-state index contributed by atoms with van der Waals surface area (Å²) in [6.45, 7) is 0. The molecule has 3 heteroatoms. The molecule has 0 atom stereocenters. The number of allylic oxidation sites excluding steroid dienone is 2. The van der Waals surface area contributed by atoms with Crippen molar-refractivity contribution in [3.63, 3.8) is 0 Å². The van der Waals surface area contributed by atoms with Gasteiger partial charge in [0.05, 0.1) is 15.6 Å². The van der Waals surface area contributed by atoms with Crippen LogP contribution in [0.5, 0.6) is 5.75 Å². The van der Waals surface area contributed by atoms with Gasteiger partial charge >= 0.3 is 0 Å². The van der Waals surface area contributed by atoms with Crippen LogP contribution < -0.4 is 9.64 Å². The van der Waals surface area contributed by atoms with E-state index in [2.05, 4.69) is 23.1 Å². The fourth-order valence-electron chi connectivity index (χ4n) is 2.86. The highest BCUT2D eigenvalue weighted by molar-refractivity contribution is 8.07. The first-order valence-electron chi connectivity index (χ1n) is 5.15. The van der Waals surface area contributed by atoms with Crippen LogP contribution in [0.3, 0.4) is 0 Å². The average molecular weight is 213 g/mol. The molecular formula is C12H7NOS. The molecule has 2 nitrogen and oxygen atoms in total. The van der Waals surface area contributed by atoms with Gasteiger partial charge in [-0.15, -0.1) is 0 Å². The molecule has 0 fully saturated rings. The summed E-state index contributed by atoms with van der Waals surface area (Å²) in [6.07, 6.45) is 2.23. The van der Waals surface area contributed by atoms with Crippen LogP contribution in [-0.2, 0) is 6.42 Å². The molecule has 0 unspecified atom stereocenters. The van der Waals surface area contributed by atoms with Crippen LogP contribution >= 0.6 is 11.8 Å². The Bertz CT molecular complexity index is 600. The molecule has 15 heavy (non-hydrogen) atoms. The van der Waals surface area contributed by atoms with E-state index in [1.807, 2.05) is 11.8 Å². The largest absolute Gasteiger partial charge is 0.437 e. The number of anilines is 1. The van der Waals surface area contributed by atoms with Gasteiger partial charge < -0.3 is 4.74 Å². The molecule has 0 saturated heterocycles. The minimum absolute atomic E-state index is 1.04. The maximum absolute atomic E-state index is 5.92. The second-order valence-electron chi connectivity index (χ2n) is 4.29. The minimum Gasteiger partial charge on any atom is -0.437 e. The van der Waals surface area contributed by atoms with Gasteiger partial charge in [0.25, 0.3) is 0 Å². The normalized spacial score (nSPS) is 23.1. The van der Waals surface area contributed by atoms with E-state index in [0.29, 0.717) is 0 Å². The van der Waals surface area contributed by atoms with E-state index in [9.17, 15) is 0 Å². The van der Waals surface area contributed by atoms with Gasteiger partial charge in [-0.1, -0.05) is 23.9 Å². The number of rotatable bonds is 0. The Kier molecular flexibility index (Phi) is 0.913. The van der Waals surface area contributed by atoms with E-state index in [4.69, 9.17) is 4.74 Å². The second-order valence-corrected chi connectivity index (χ2v) is 5.38. The summed E-state index contributed by atoms with van der Waals surface area (Å²) in [4.78, 5) is 3.72. The van der Waals surface area contributed by atoms with Gasteiger partial charge in [0.15, 0.2) is 5.75 Å². The van der Waals surface area contributed by atoms with Gasteiger partial charge in [-0.3, -0.25) is 4.90 Å². The van der Waals surface area contributed by atoms with Gasteiger partial charge in [0, 0.05) is 6.42 Å². The van der Waals surface area contributed by atoms with Crippen molar-refractivity contribution in [3.05, 3.63) is 45.2 Å². The van der Waals surface area contributed by atoms with Crippen LogP contribution in [0, 0.1) is 0 Å². The van der Waals surface area contributed by atoms with Crippen molar-refractivity contribution >= 4 is 17.4 Å². The highest BCUT2D eigenvalue weighted by atomic mass is 32.2. The van der Waals surface area contributed by atoms with Crippen molar-refractivity contribution in [2.24, 2.45) is 0 Å². The van der Waals surface area contributed by atoms with E-state index < -0.39 is 0 Å². The standard InChI is InChI=1S/C12H7NOS/c1-2-6-4-7-5-9-11-13(12(7)15-9)10(6)8(3-1)14-11/h1-3H,4-5H2. The van der Waals surface area contributed by atoms with Crippen molar-refractivity contribution in [2.45, 2.75) is 12.8 Å². The predicted octanol–water partition coefficient (Wildman–Crippen LogP) is 2.97. The van der Waals surface area contributed by atoms with Crippen molar-refractivity contribution in [1.82, 2.24) is 0 Å². The zero-order chi connectivity index (χ0) is 9.57.